The number of nitrogens with two attached hydrogens (primary N) is 3. The lowest BCUT2D eigenvalue weighted by atomic mass is 10.0. The van der Waals surface area contributed by atoms with Gasteiger partial charge < -0.3 is 43.4 Å². The summed E-state index contributed by atoms with van der Waals surface area (Å²) in [5.74, 6) is -4.27. The average molecular weight is 447 g/mol. The Morgan fingerprint density at radius 1 is 0.903 bits per heavy atom. The van der Waals surface area contributed by atoms with Crippen LogP contribution in [0.15, 0.2) is 0 Å². The SMILES string of the molecule is CC(NC(=O)C(NC(=O)C(CCCCN)NC(=O)C(N)CCC(N)=O)C(C)O)C(=O)O. The van der Waals surface area contributed by atoms with Crippen LogP contribution in [0.2, 0.25) is 0 Å². The first-order chi connectivity index (χ1) is 14.4. The van der Waals surface area contributed by atoms with Gasteiger partial charge in [0.2, 0.25) is 23.6 Å². The van der Waals surface area contributed by atoms with Crippen LogP contribution >= 0.6 is 0 Å². The molecule has 0 aromatic heterocycles. The Hall–Kier alpha value is -2.77. The van der Waals surface area contributed by atoms with Gasteiger partial charge in [0.25, 0.3) is 0 Å². The van der Waals surface area contributed by atoms with Gasteiger partial charge in [-0.25, -0.2) is 0 Å². The van der Waals surface area contributed by atoms with Crippen LogP contribution in [0, 0.1) is 0 Å². The molecule has 0 fully saturated rings. The number of amides is 4. The number of rotatable bonds is 15. The summed E-state index contributed by atoms with van der Waals surface area (Å²) in [4.78, 5) is 59.1. The molecule has 0 rings (SSSR count). The van der Waals surface area contributed by atoms with Crippen molar-refractivity contribution in [1.82, 2.24) is 16.0 Å². The van der Waals surface area contributed by atoms with E-state index in [1.807, 2.05) is 0 Å². The third-order valence-corrected chi connectivity index (χ3v) is 4.41. The minimum Gasteiger partial charge on any atom is -0.480 e. The predicted molar refractivity (Wildman–Crippen MR) is 110 cm³/mol. The summed E-state index contributed by atoms with van der Waals surface area (Å²) in [5, 5.41) is 25.7. The zero-order valence-corrected chi connectivity index (χ0v) is 17.8. The van der Waals surface area contributed by atoms with Crippen molar-refractivity contribution in [3.05, 3.63) is 0 Å². The highest BCUT2D eigenvalue weighted by molar-refractivity contribution is 5.94. The first-order valence-corrected chi connectivity index (χ1v) is 9.96. The fraction of sp³-hybridized carbons (Fsp3) is 0.722. The molecule has 0 aliphatic carbocycles. The monoisotopic (exact) mass is 446 g/mol. The lowest BCUT2D eigenvalue weighted by Gasteiger charge is -2.26. The summed E-state index contributed by atoms with van der Waals surface area (Å²) in [6, 6.07) is -4.87. The maximum Gasteiger partial charge on any atom is 0.325 e. The van der Waals surface area contributed by atoms with Crippen molar-refractivity contribution in [3.8, 4) is 0 Å². The highest BCUT2D eigenvalue weighted by atomic mass is 16.4. The molecule has 0 saturated carbocycles. The summed E-state index contributed by atoms with van der Waals surface area (Å²) in [7, 11) is 0. The van der Waals surface area contributed by atoms with Crippen LogP contribution < -0.4 is 33.2 Å². The first-order valence-electron chi connectivity index (χ1n) is 9.96. The topological polar surface area (TPSA) is 240 Å². The van der Waals surface area contributed by atoms with Crippen molar-refractivity contribution in [3.63, 3.8) is 0 Å². The van der Waals surface area contributed by atoms with Gasteiger partial charge in [-0.3, -0.25) is 24.0 Å². The Balaban J connectivity index is 5.25. The van der Waals surface area contributed by atoms with Crippen LogP contribution in [-0.4, -0.2) is 76.6 Å². The highest BCUT2D eigenvalue weighted by Gasteiger charge is 2.31. The summed E-state index contributed by atoms with van der Waals surface area (Å²) in [6.07, 6.45) is -0.231. The molecule has 11 N–H and O–H groups in total. The fourth-order valence-corrected chi connectivity index (χ4v) is 2.49. The Kier molecular flexibility index (Phi) is 13.0. The van der Waals surface area contributed by atoms with Crippen LogP contribution in [0.5, 0.6) is 0 Å². The number of carbonyl (C=O) groups is 5. The molecule has 0 aliphatic rings. The molecule has 0 radical (unpaired) electrons. The number of hydrogen-bond acceptors (Lipinski definition) is 8. The van der Waals surface area contributed by atoms with Crippen LogP contribution in [0.4, 0.5) is 0 Å². The number of hydrogen-bond donors (Lipinski definition) is 8. The van der Waals surface area contributed by atoms with Crippen LogP contribution in [0.1, 0.15) is 46.0 Å². The second-order valence-electron chi connectivity index (χ2n) is 7.25. The van der Waals surface area contributed by atoms with E-state index in [9.17, 15) is 29.1 Å². The molecule has 5 atom stereocenters. The van der Waals surface area contributed by atoms with Crippen molar-refractivity contribution in [1.29, 1.82) is 0 Å². The Morgan fingerprint density at radius 3 is 2.00 bits per heavy atom. The van der Waals surface area contributed by atoms with E-state index < -0.39 is 59.9 Å². The molecular weight excluding hydrogens is 412 g/mol. The maximum atomic E-state index is 12.7. The third-order valence-electron chi connectivity index (χ3n) is 4.41. The first kappa shape index (κ1) is 28.2. The quantitative estimate of drug-likeness (QED) is 0.117. The maximum absolute atomic E-state index is 12.7. The number of carboxylic acids is 1. The van der Waals surface area contributed by atoms with Crippen LogP contribution in [0.25, 0.3) is 0 Å². The number of aliphatic hydroxyl groups excluding tert-OH is 1. The van der Waals surface area contributed by atoms with E-state index in [4.69, 9.17) is 22.3 Å². The number of carbonyl (C=O) groups excluding carboxylic acids is 4. The molecule has 0 heterocycles. The lowest BCUT2D eigenvalue weighted by molar-refractivity contribution is -0.142. The molecule has 0 aliphatic heterocycles. The molecular formula is C18H34N6O7. The molecule has 31 heavy (non-hydrogen) atoms. The number of aliphatic carboxylic acids is 1. The van der Waals surface area contributed by atoms with Gasteiger partial charge >= 0.3 is 5.97 Å². The normalized spacial score (nSPS) is 15.6. The van der Waals surface area contributed by atoms with Crippen LogP contribution in [-0.2, 0) is 24.0 Å². The minimum atomic E-state index is -1.45. The van der Waals surface area contributed by atoms with E-state index in [0.29, 0.717) is 19.4 Å². The van der Waals surface area contributed by atoms with Gasteiger partial charge in [-0.2, -0.15) is 0 Å². The minimum absolute atomic E-state index is 0.00983. The Labute approximate surface area is 180 Å². The summed E-state index contributed by atoms with van der Waals surface area (Å²) < 4.78 is 0. The van der Waals surface area contributed by atoms with Gasteiger partial charge in [-0.1, -0.05) is 0 Å². The highest BCUT2D eigenvalue weighted by Crippen LogP contribution is 2.05. The van der Waals surface area contributed by atoms with Gasteiger partial charge in [0, 0.05) is 6.42 Å². The van der Waals surface area contributed by atoms with E-state index >= 15 is 0 Å². The second kappa shape index (κ2) is 14.3. The molecule has 0 spiro atoms. The van der Waals surface area contributed by atoms with Crippen LogP contribution in [0.3, 0.4) is 0 Å². The fourth-order valence-electron chi connectivity index (χ4n) is 2.49. The van der Waals surface area contributed by atoms with Gasteiger partial charge in [0.05, 0.1) is 12.1 Å². The summed E-state index contributed by atoms with van der Waals surface area (Å²) in [6.45, 7) is 2.84. The third kappa shape index (κ3) is 11.3. The standard InChI is InChI=1S/C18H34N6O7/c1-9(18(30)31)22-17(29)14(10(2)25)24-16(28)12(5-3-4-8-19)23-15(27)11(20)6-7-13(21)26/h9-12,14,25H,3-8,19-20H2,1-2H3,(H2,21,26)(H,22,29)(H,23,27)(H,24,28)(H,30,31). The zero-order valence-electron chi connectivity index (χ0n) is 17.8. The number of unbranched alkanes of at least 4 members (excludes halogenated alkanes) is 1. The second-order valence-corrected chi connectivity index (χ2v) is 7.25. The van der Waals surface area contributed by atoms with Crippen molar-refractivity contribution < 1.29 is 34.2 Å². The molecule has 5 unspecified atom stereocenters. The van der Waals surface area contributed by atoms with Gasteiger partial charge in [-0.05, 0) is 46.1 Å². The van der Waals surface area contributed by atoms with Crippen molar-refractivity contribution in [2.24, 2.45) is 17.2 Å². The van der Waals surface area contributed by atoms with Gasteiger partial charge in [0.15, 0.2) is 0 Å². The smallest absolute Gasteiger partial charge is 0.325 e. The van der Waals surface area contributed by atoms with Crippen molar-refractivity contribution >= 4 is 29.6 Å². The van der Waals surface area contributed by atoms with E-state index in [2.05, 4.69) is 16.0 Å². The van der Waals surface area contributed by atoms with Crippen molar-refractivity contribution in [2.75, 3.05) is 6.54 Å². The van der Waals surface area contributed by atoms with E-state index in [-0.39, 0.29) is 19.3 Å². The lowest BCUT2D eigenvalue weighted by Crippen LogP contribution is -2.59. The van der Waals surface area contributed by atoms with E-state index in [1.54, 1.807) is 0 Å². The van der Waals surface area contributed by atoms with Gasteiger partial charge in [0.1, 0.15) is 18.1 Å². The number of nitrogens with one attached hydrogen (secondary N) is 3. The molecule has 178 valence electrons. The van der Waals surface area contributed by atoms with Crippen molar-refractivity contribution in [2.45, 2.75) is 76.2 Å². The molecule has 0 aromatic rings. The largest absolute Gasteiger partial charge is 0.480 e. The molecule has 13 heteroatoms. The molecule has 13 nitrogen and oxygen atoms in total. The molecule has 0 saturated heterocycles. The predicted octanol–water partition coefficient (Wildman–Crippen LogP) is -3.35. The average Bonchev–Trinajstić information content (AvgIpc) is 2.68. The zero-order chi connectivity index (χ0) is 24.1. The number of carboxylic acid groups (broad SMARTS) is 1. The Morgan fingerprint density at radius 2 is 1.52 bits per heavy atom. The Bertz CT molecular complexity index is 643. The van der Waals surface area contributed by atoms with Gasteiger partial charge in [-0.15, -0.1) is 0 Å². The summed E-state index contributed by atoms with van der Waals surface area (Å²) >= 11 is 0. The molecule has 4 amide bonds. The van der Waals surface area contributed by atoms with E-state index in [0.717, 1.165) is 0 Å². The summed E-state index contributed by atoms with van der Waals surface area (Å²) in [5.41, 5.74) is 16.2. The number of aliphatic hydroxyl groups is 1. The molecule has 0 bridgehead atoms. The van der Waals surface area contributed by atoms with E-state index in [1.165, 1.54) is 13.8 Å². The molecule has 0 aromatic carbocycles. The number of primary amides is 1.